The Balaban J connectivity index is 1.41. The Bertz CT molecular complexity index is 646. The van der Waals surface area contributed by atoms with Gasteiger partial charge in [-0.25, -0.2) is 0 Å². The average Bonchev–Trinajstić information content (AvgIpc) is 3.05. The number of piperidine rings is 1. The highest BCUT2D eigenvalue weighted by Gasteiger charge is 2.38. The number of aliphatic hydroxyl groups is 2. The van der Waals surface area contributed by atoms with E-state index in [4.69, 9.17) is 9.84 Å². The summed E-state index contributed by atoms with van der Waals surface area (Å²) in [5.41, 5.74) is 0.550. The molecule has 7 nitrogen and oxygen atoms in total. The molecule has 0 radical (unpaired) electrons. The van der Waals surface area contributed by atoms with Crippen molar-refractivity contribution in [2.45, 2.75) is 50.8 Å². The normalized spacial score (nSPS) is 24.0. The number of nitrogens with zero attached hydrogens (tertiary/aromatic N) is 2. The molecule has 0 aliphatic carbocycles. The molecule has 2 fully saturated rings. The zero-order valence-electron chi connectivity index (χ0n) is 17.5. The number of benzene rings is 1. The van der Waals surface area contributed by atoms with Gasteiger partial charge in [-0.05, 0) is 37.0 Å². The highest BCUT2D eigenvalue weighted by Crippen LogP contribution is 2.26. The van der Waals surface area contributed by atoms with E-state index >= 15 is 0 Å². The van der Waals surface area contributed by atoms with Crippen molar-refractivity contribution in [3.63, 3.8) is 0 Å². The van der Waals surface area contributed by atoms with Crippen LogP contribution in [0.5, 0.6) is 5.75 Å². The Morgan fingerprint density at radius 1 is 1.21 bits per heavy atom. The highest BCUT2D eigenvalue weighted by atomic mass is 16.5. The SMILES string of the molecule is CC(=O)NC1CCN(CC2(O)CCN(Cc3ccc(OCCCO)cc3)C2)CC1. The Hall–Kier alpha value is -1.67. The van der Waals surface area contributed by atoms with Crippen LogP contribution in [0.1, 0.15) is 38.2 Å². The Morgan fingerprint density at radius 3 is 2.59 bits per heavy atom. The molecule has 2 heterocycles. The van der Waals surface area contributed by atoms with Gasteiger partial charge in [0.2, 0.25) is 5.91 Å². The quantitative estimate of drug-likeness (QED) is 0.531. The fourth-order valence-corrected chi connectivity index (χ4v) is 4.35. The van der Waals surface area contributed by atoms with E-state index in [-0.39, 0.29) is 18.6 Å². The topological polar surface area (TPSA) is 85.3 Å². The summed E-state index contributed by atoms with van der Waals surface area (Å²) in [5, 5.41) is 22.9. The molecule has 1 aromatic rings. The standard InChI is InChI=1S/C22H35N3O4/c1-18(27)23-20-7-10-24(11-8-20)16-22(28)9-12-25(17-22)15-19-3-5-21(6-4-19)29-14-2-13-26/h3-6,20,26,28H,2,7-17H2,1H3,(H,23,27). The Morgan fingerprint density at radius 2 is 1.93 bits per heavy atom. The number of carbonyl (C=O) groups excluding carboxylic acids is 1. The summed E-state index contributed by atoms with van der Waals surface area (Å²) in [5.74, 6) is 0.862. The molecular formula is C22H35N3O4. The molecule has 1 amide bonds. The Kier molecular flexibility index (Phi) is 7.89. The van der Waals surface area contributed by atoms with Crippen molar-refractivity contribution in [1.82, 2.24) is 15.1 Å². The van der Waals surface area contributed by atoms with Gasteiger partial charge in [0.15, 0.2) is 0 Å². The van der Waals surface area contributed by atoms with Crippen LogP contribution in [0.15, 0.2) is 24.3 Å². The predicted molar refractivity (Wildman–Crippen MR) is 112 cm³/mol. The zero-order chi connectivity index (χ0) is 20.7. The van der Waals surface area contributed by atoms with Crippen molar-refractivity contribution in [2.75, 3.05) is 45.9 Å². The smallest absolute Gasteiger partial charge is 0.217 e. The van der Waals surface area contributed by atoms with E-state index in [9.17, 15) is 9.90 Å². The Labute approximate surface area is 173 Å². The molecule has 2 saturated heterocycles. The third kappa shape index (κ3) is 6.96. The molecule has 7 heteroatoms. The van der Waals surface area contributed by atoms with Crippen LogP contribution in [0.3, 0.4) is 0 Å². The molecule has 2 aliphatic rings. The number of aliphatic hydroxyl groups excluding tert-OH is 1. The van der Waals surface area contributed by atoms with Gasteiger partial charge in [-0.3, -0.25) is 9.69 Å². The number of nitrogens with one attached hydrogen (secondary N) is 1. The van der Waals surface area contributed by atoms with Crippen LogP contribution in [0.25, 0.3) is 0 Å². The molecule has 0 saturated carbocycles. The van der Waals surface area contributed by atoms with Crippen LogP contribution in [0.2, 0.25) is 0 Å². The molecular weight excluding hydrogens is 370 g/mol. The maximum Gasteiger partial charge on any atom is 0.217 e. The predicted octanol–water partition coefficient (Wildman–Crippen LogP) is 0.985. The zero-order valence-corrected chi connectivity index (χ0v) is 17.5. The fraction of sp³-hybridized carbons (Fsp3) is 0.682. The number of rotatable bonds is 9. The van der Waals surface area contributed by atoms with Crippen LogP contribution < -0.4 is 10.1 Å². The van der Waals surface area contributed by atoms with Gasteiger partial charge in [0.1, 0.15) is 5.75 Å². The maximum atomic E-state index is 11.2. The van der Waals surface area contributed by atoms with E-state index in [1.807, 2.05) is 12.1 Å². The molecule has 1 unspecified atom stereocenters. The summed E-state index contributed by atoms with van der Waals surface area (Å²) in [6.07, 6.45) is 3.33. The number of β-amino-alcohol motifs (C(OH)–C–C–N with tert-alkyl or cyclic N) is 1. The number of hydrogen-bond acceptors (Lipinski definition) is 6. The van der Waals surface area contributed by atoms with Crippen LogP contribution >= 0.6 is 0 Å². The van der Waals surface area contributed by atoms with Crippen molar-refractivity contribution >= 4 is 5.91 Å². The third-order valence-corrected chi connectivity index (χ3v) is 5.82. The van der Waals surface area contributed by atoms with E-state index in [0.29, 0.717) is 26.1 Å². The summed E-state index contributed by atoms with van der Waals surface area (Å²) in [7, 11) is 0. The van der Waals surface area contributed by atoms with Crippen LogP contribution in [0, 0.1) is 0 Å². The van der Waals surface area contributed by atoms with E-state index in [1.165, 1.54) is 5.56 Å². The summed E-state index contributed by atoms with van der Waals surface area (Å²) >= 11 is 0. The molecule has 3 N–H and O–H groups in total. The van der Waals surface area contributed by atoms with Crippen molar-refractivity contribution in [2.24, 2.45) is 0 Å². The lowest BCUT2D eigenvalue weighted by Crippen LogP contribution is -2.50. The van der Waals surface area contributed by atoms with Gasteiger partial charge in [0, 0.05) is 65.3 Å². The largest absolute Gasteiger partial charge is 0.494 e. The summed E-state index contributed by atoms with van der Waals surface area (Å²) in [4.78, 5) is 15.8. The summed E-state index contributed by atoms with van der Waals surface area (Å²) < 4.78 is 5.58. The molecule has 0 aromatic heterocycles. The van der Waals surface area contributed by atoms with Gasteiger partial charge in [-0.2, -0.15) is 0 Å². The second-order valence-corrected chi connectivity index (χ2v) is 8.51. The first-order chi connectivity index (χ1) is 14.0. The van der Waals surface area contributed by atoms with E-state index in [0.717, 1.165) is 51.2 Å². The lowest BCUT2D eigenvalue weighted by molar-refractivity contribution is -0.120. The molecule has 1 aromatic carbocycles. The minimum Gasteiger partial charge on any atom is -0.494 e. The highest BCUT2D eigenvalue weighted by molar-refractivity contribution is 5.73. The molecule has 0 bridgehead atoms. The van der Waals surface area contributed by atoms with Gasteiger partial charge in [-0.1, -0.05) is 12.1 Å². The average molecular weight is 406 g/mol. The van der Waals surface area contributed by atoms with Gasteiger partial charge in [-0.15, -0.1) is 0 Å². The third-order valence-electron chi connectivity index (χ3n) is 5.82. The molecule has 162 valence electrons. The van der Waals surface area contributed by atoms with Gasteiger partial charge < -0.3 is 25.2 Å². The lowest BCUT2D eigenvalue weighted by atomic mass is 9.99. The van der Waals surface area contributed by atoms with Gasteiger partial charge in [0.25, 0.3) is 0 Å². The monoisotopic (exact) mass is 405 g/mol. The number of likely N-dealkylation sites (tertiary alicyclic amines) is 2. The van der Waals surface area contributed by atoms with Crippen LogP contribution in [0.4, 0.5) is 0 Å². The van der Waals surface area contributed by atoms with Crippen molar-refractivity contribution in [3.05, 3.63) is 29.8 Å². The van der Waals surface area contributed by atoms with Crippen molar-refractivity contribution < 1.29 is 19.7 Å². The number of hydrogen-bond donors (Lipinski definition) is 3. The second-order valence-electron chi connectivity index (χ2n) is 8.51. The second kappa shape index (κ2) is 10.4. The molecule has 2 aliphatic heterocycles. The van der Waals surface area contributed by atoms with E-state index < -0.39 is 5.60 Å². The minimum absolute atomic E-state index is 0.0401. The van der Waals surface area contributed by atoms with Gasteiger partial charge in [0.05, 0.1) is 12.2 Å². The van der Waals surface area contributed by atoms with Crippen molar-refractivity contribution in [3.8, 4) is 5.75 Å². The van der Waals surface area contributed by atoms with E-state index in [2.05, 4.69) is 27.2 Å². The molecule has 0 spiro atoms. The maximum absolute atomic E-state index is 11.2. The molecule has 29 heavy (non-hydrogen) atoms. The van der Waals surface area contributed by atoms with Crippen LogP contribution in [-0.2, 0) is 11.3 Å². The van der Waals surface area contributed by atoms with E-state index in [1.54, 1.807) is 6.92 Å². The first kappa shape index (κ1) is 22.0. The van der Waals surface area contributed by atoms with Crippen LogP contribution in [-0.4, -0.2) is 83.5 Å². The minimum atomic E-state index is -0.659. The first-order valence-corrected chi connectivity index (χ1v) is 10.7. The lowest BCUT2D eigenvalue weighted by Gasteiger charge is -2.36. The number of ether oxygens (including phenoxy) is 1. The number of carbonyl (C=O) groups is 1. The first-order valence-electron chi connectivity index (χ1n) is 10.7. The number of amides is 1. The summed E-state index contributed by atoms with van der Waals surface area (Å²) in [6, 6.07) is 8.34. The fourth-order valence-electron chi connectivity index (χ4n) is 4.35. The van der Waals surface area contributed by atoms with Gasteiger partial charge >= 0.3 is 0 Å². The van der Waals surface area contributed by atoms with Crippen molar-refractivity contribution in [1.29, 1.82) is 0 Å². The molecule has 1 atom stereocenters. The molecule has 3 rings (SSSR count). The summed E-state index contributed by atoms with van der Waals surface area (Å²) in [6.45, 7) is 7.19.